The molecule has 1 aromatic rings. The van der Waals surface area contributed by atoms with Gasteiger partial charge in [0.15, 0.2) is 5.78 Å². The molecule has 1 aliphatic carbocycles. The Hall–Kier alpha value is -1.15. The smallest absolute Gasteiger partial charge is 0.157 e. The molecule has 0 saturated heterocycles. The molecule has 86 valence electrons. The van der Waals surface area contributed by atoms with Crippen LogP contribution in [0.2, 0.25) is 0 Å². The van der Waals surface area contributed by atoms with Gasteiger partial charge in [0.1, 0.15) is 0 Å². The molecule has 0 unspecified atom stereocenters. The van der Waals surface area contributed by atoms with Crippen molar-refractivity contribution in [3.8, 4) is 0 Å². The highest BCUT2D eigenvalue weighted by atomic mass is 16.1. The van der Waals surface area contributed by atoms with Crippen LogP contribution in [0.5, 0.6) is 0 Å². The van der Waals surface area contributed by atoms with Gasteiger partial charge >= 0.3 is 0 Å². The molecule has 0 amide bonds. The minimum Gasteiger partial charge on any atom is -0.313 e. The molecule has 0 bridgehead atoms. The third-order valence-corrected chi connectivity index (χ3v) is 3.68. The zero-order chi connectivity index (χ0) is 11.6. The molecule has 1 aliphatic rings. The largest absolute Gasteiger partial charge is 0.313 e. The number of ketones is 1. The van der Waals surface area contributed by atoms with Crippen molar-refractivity contribution in [2.75, 3.05) is 13.6 Å². The van der Waals surface area contributed by atoms with E-state index >= 15 is 0 Å². The van der Waals surface area contributed by atoms with Crippen LogP contribution in [-0.2, 0) is 10.2 Å². The number of benzene rings is 1. The standard InChI is InChI=1S/C14H19NO/c1-11-4-6-12(7-5-11)14(8-3-9-14)13(16)10-15-2/h4-7,15H,3,8-10H2,1-2H3. The number of aryl methyl sites for hydroxylation is 1. The number of hydrogen-bond acceptors (Lipinski definition) is 2. The summed E-state index contributed by atoms with van der Waals surface area (Å²) in [4.78, 5) is 12.2. The summed E-state index contributed by atoms with van der Waals surface area (Å²) in [6.07, 6.45) is 3.19. The van der Waals surface area contributed by atoms with Crippen LogP contribution < -0.4 is 5.32 Å². The second-order valence-electron chi connectivity index (χ2n) is 4.76. The molecule has 1 saturated carbocycles. The summed E-state index contributed by atoms with van der Waals surface area (Å²) in [7, 11) is 1.83. The summed E-state index contributed by atoms with van der Waals surface area (Å²) in [5.41, 5.74) is 2.26. The molecule has 0 heterocycles. The Morgan fingerprint density at radius 1 is 1.31 bits per heavy atom. The molecule has 2 nitrogen and oxygen atoms in total. The van der Waals surface area contributed by atoms with Gasteiger partial charge in [-0.25, -0.2) is 0 Å². The highest BCUT2D eigenvalue weighted by Gasteiger charge is 2.44. The Bertz CT molecular complexity index is 376. The van der Waals surface area contributed by atoms with E-state index < -0.39 is 0 Å². The molecule has 16 heavy (non-hydrogen) atoms. The second-order valence-corrected chi connectivity index (χ2v) is 4.76. The predicted octanol–water partition coefficient (Wildman–Crippen LogP) is 2.21. The molecule has 2 rings (SSSR count). The fraction of sp³-hybridized carbons (Fsp3) is 0.500. The number of rotatable bonds is 4. The molecule has 0 aliphatic heterocycles. The van der Waals surface area contributed by atoms with E-state index in [0.29, 0.717) is 12.3 Å². The monoisotopic (exact) mass is 217 g/mol. The maximum atomic E-state index is 12.2. The van der Waals surface area contributed by atoms with Crippen LogP contribution in [0, 0.1) is 6.92 Å². The summed E-state index contributed by atoms with van der Waals surface area (Å²) >= 11 is 0. The zero-order valence-corrected chi connectivity index (χ0v) is 10.0. The van der Waals surface area contributed by atoms with Crippen LogP contribution >= 0.6 is 0 Å². The quantitative estimate of drug-likeness (QED) is 0.837. The zero-order valence-electron chi connectivity index (χ0n) is 10.0. The van der Waals surface area contributed by atoms with Crippen molar-refractivity contribution >= 4 is 5.78 Å². The molecular formula is C14H19NO. The number of carbonyl (C=O) groups is 1. The first-order valence-electron chi connectivity index (χ1n) is 5.94. The van der Waals surface area contributed by atoms with Gasteiger partial charge in [0.25, 0.3) is 0 Å². The first-order chi connectivity index (χ1) is 7.69. The van der Waals surface area contributed by atoms with Gasteiger partial charge in [0.2, 0.25) is 0 Å². The van der Waals surface area contributed by atoms with E-state index in [9.17, 15) is 4.79 Å². The van der Waals surface area contributed by atoms with Gasteiger partial charge in [0.05, 0.1) is 12.0 Å². The van der Waals surface area contributed by atoms with Crippen molar-refractivity contribution in [2.24, 2.45) is 0 Å². The fourth-order valence-electron chi connectivity index (χ4n) is 2.46. The normalized spacial score (nSPS) is 17.9. The Morgan fingerprint density at radius 3 is 2.38 bits per heavy atom. The highest BCUT2D eigenvalue weighted by Crippen LogP contribution is 2.44. The van der Waals surface area contributed by atoms with Gasteiger partial charge in [-0.15, -0.1) is 0 Å². The summed E-state index contributed by atoms with van der Waals surface area (Å²) < 4.78 is 0. The van der Waals surface area contributed by atoms with Gasteiger partial charge in [-0.2, -0.15) is 0 Å². The lowest BCUT2D eigenvalue weighted by atomic mass is 9.62. The van der Waals surface area contributed by atoms with Crippen molar-refractivity contribution in [3.05, 3.63) is 35.4 Å². The van der Waals surface area contributed by atoms with E-state index in [4.69, 9.17) is 0 Å². The van der Waals surface area contributed by atoms with Crippen molar-refractivity contribution < 1.29 is 4.79 Å². The van der Waals surface area contributed by atoms with Crippen LogP contribution in [0.1, 0.15) is 30.4 Å². The molecule has 1 aromatic carbocycles. The van der Waals surface area contributed by atoms with Gasteiger partial charge in [0, 0.05) is 0 Å². The van der Waals surface area contributed by atoms with Gasteiger partial charge in [-0.3, -0.25) is 4.79 Å². The number of Topliss-reactive ketones (excluding diaryl/α,β-unsaturated/α-hetero) is 1. The first kappa shape index (κ1) is 11.3. The van der Waals surface area contributed by atoms with Crippen LogP contribution in [0.15, 0.2) is 24.3 Å². The van der Waals surface area contributed by atoms with E-state index in [1.807, 2.05) is 7.05 Å². The molecule has 0 spiro atoms. The van der Waals surface area contributed by atoms with Crippen molar-refractivity contribution in [1.82, 2.24) is 5.32 Å². The number of likely N-dealkylation sites (N-methyl/N-ethyl adjacent to an activating group) is 1. The van der Waals surface area contributed by atoms with Crippen LogP contribution in [-0.4, -0.2) is 19.4 Å². The van der Waals surface area contributed by atoms with Crippen LogP contribution in [0.25, 0.3) is 0 Å². The minimum atomic E-state index is -0.184. The van der Waals surface area contributed by atoms with Crippen LogP contribution in [0.3, 0.4) is 0 Å². The lowest BCUT2D eigenvalue weighted by molar-refractivity contribution is -0.126. The third-order valence-electron chi connectivity index (χ3n) is 3.68. The second kappa shape index (κ2) is 4.38. The van der Waals surface area contributed by atoms with E-state index in [1.54, 1.807) is 0 Å². The van der Waals surface area contributed by atoms with E-state index in [0.717, 1.165) is 12.8 Å². The molecule has 1 N–H and O–H groups in total. The minimum absolute atomic E-state index is 0.184. The molecule has 0 radical (unpaired) electrons. The lowest BCUT2D eigenvalue weighted by Crippen LogP contribution is -2.46. The first-order valence-corrected chi connectivity index (χ1v) is 5.94. The van der Waals surface area contributed by atoms with Crippen molar-refractivity contribution in [1.29, 1.82) is 0 Å². The SMILES string of the molecule is CNCC(=O)C1(c2ccc(C)cc2)CCC1. The molecular weight excluding hydrogens is 198 g/mol. The summed E-state index contributed by atoms with van der Waals surface area (Å²) in [5.74, 6) is 0.338. The molecule has 1 fully saturated rings. The third kappa shape index (κ3) is 1.78. The number of hydrogen-bond donors (Lipinski definition) is 1. The highest BCUT2D eigenvalue weighted by molar-refractivity contribution is 5.92. The molecule has 2 heteroatoms. The van der Waals surface area contributed by atoms with Gasteiger partial charge < -0.3 is 5.32 Å². The van der Waals surface area contributed by atoms with E-state index in [2.05, 4.69) is 36.5 Å². The van der Waals surface area contributed by atoms with E-state index in [1.165, 1.54) is 17.5 Å². The Balaban J connectivity index is 2.27. The average Bonchev–Trinajstić information content (AvgIpc) is 2.19. The maximum Gasteiger partial charge on any atom is 0.157 e. The maximum absolute atomic E-state index is 12.2. The lowest BCUT2D eigenvalue weighted by Gasteiger charge is -2.41. The van der Waals surface area contributed by atoms with E-state index in [-0.39, 0.29) is 5.41 Å². The van der Waals surface area contributed by atoms with Gasteiger partial charge in [-0.1, -0.05) is 36.2 Å². The Labute approximate surface area is 97.1 Å². The molecule has 0 atom stereocenters. The Kier molecular flexibility index (Phi) is 3.10. The Morgan fingerprint density at radius 2 is 1.94 bits per heavy atom. The fourth-order valence-corrected chi connectivity index (χ4v) is 2.46. The molecule has 0 aromatic heterocycles. The van der Waals surface area contributed by atoms with Crippen molar-refractivity contribution in [2.45, 2.75) is 31.6 Å². The van der Waals surface area contributed by atoms with Gasteiger partial charge in [-0.05, 0) is 32.4 Å². The van der Waals surface area contributed by atoms with Crippen molar-refractivity contribution in [3.63, 3.8) is 0 Å². The van der Waals surface area contributed by atoms with Crippen LogP contribution in [0.4, 0.5) is 0 Å². The number of nitrogens with one attached hydrogen (secondary N) is 1. The summed E-state index contributed by atoms with van der Waals surface area (Å²) in [5, 5.41) is 2.97. The number of carbonyl (C=O) groups excluding carboxylic acids is 1. The topological polar surface area (TPSA) is 29.1 Å². The summed E-state index contributed by atoms with van der Waals surface area (Å²) in [6, 6.07) is 8.42. The predicted molar refractivity (Wildman–Crippen MR) is 65.6 cm³/mol. The average molecular weight is 217 g/mol. The summed E-state index contributed by atoms with van der Waals surface area (Å²) in [6.45, 7) is 2.56.